The number of rotatable bonds is 6. The molecule has 5 rings (SSSR count). The van der Waals surface area contributed by atoms with Crippen molar-refractivity contribution in [1.29, 1.82) is 0 Å². The van der Waals surface area contributed by atoms with Crippen molar-refractivity contribution < 1.29 is 9.47 Å². The summed E-state index contributed by atoms with van der Waals surface area (Å²) >= 11 is 13.1. The topological polar surface area (TPSA) is 125 Å². The summed E-state index contributed by atoms with van der Waals surface area (Å²) < 4.78 is 13.9. The largest absolute Gasteiger partial charge is 0.495 e. The van der Waals surface area contributed by atoms with Crippen LogP contribution in [0.4, 0.5) is 11.8 Å². The number of pyridine rings is 1. The predicted octanol–water partition coefficient (Wildman–Crippen LogP) is 2.68. The monoisotopic (exact) mass is 544 g/mol. The minimum Gasteiger partial charge on any atom is -0.495 e. The summed E-state index contributed by atoms with van der Waals surface area (Å²) in [6.07, 6.45) is 3.54. The van der Waals surface area contributed by atoms with E-state index in [9.17, 15) is 4.79 Å². The smallest absolute Gasteiger partial charge is 0.259 e. The first-order chi connectivity index (χ1) is 17.7. The van der Waals surface area contributed by atoms with E-state index >= 15 is 0 Å². The second-order valence-electron chi connectivity index (χ2n) is 8.85. The van der Waals surface area contributed by atoms with Gasteiger partial charge in [0.25, 0.3) is 5.56 Å². The number of anilines is 2. The van der Waals surface area contributed by atoms with Gasteiger partial charge in [0.1, 0.15) is 17.1 Å². The van der Waals surface area contributed by atoms with Gasteiger partial charge in [0.05, 0.1) is 35.9 Å². The van der Waals surface area contributed by atoms with E-state index in [1.165, 1.54) is 18.8 Å². The van der Waals surface area contributed by atoms with Gasteiger partial charge >= 0.3 is 0 Å². The van der Waals surface area contributed by atoms with E-state index in [1.54, 1.807) is 30.1 Å². The highest BCUT2D eigenvalue weighted by Gasteiger charge is 2.32. The van der Waals surface area contributed by atoms with Gasteiger partial charge in [-0.2, -0.15) is 10.1 Å². The fourth-order valence-electron chi connectivity index (χ4n) is 4.52. The Morgan fingerprint density at radius 3 is 2.43 bits per heavy atom. The quantitative estimate of drug-likeness (QED) is 0.376. The molecule has 3 N–H and O–H groups in total. The lowest BCUT2D eigenvalue weighted by molar-refractivity contribution is 0.395. The van der Waals surface area contributed by atoms with Gasteiger partial charge in [0.2, 0.25) is 5.95 Å². The SMILES string of the molecule is COc1cc(OC)c(Cl)c(-c2cc3cnc(NC4CN(c5ccn(C)n5)CC4N)nc3n(C)c2=O)c1Cl. The molecule has 1 fully saturated rings. The molecular weight excluding hydrogens is 519 g/mol. The highest BCUT2D eigenvalue weighted by Crippen LogP contribution is 2.45. The lowest BCUT2D eigenvalue weighted by Crippen LogP contribution is -2.39. The third-order valence-corrected chi connectivity index (χ3v) is 7.25. The maximum absolute atomic E-state index is 13.4. The molecule has 2 unspecified atom stereocenters. The summed E-state index contributed by atoms with van der Waals surface area (Å²) in [5, 5.41) is 8.81. The summed E-state index contributed by atoms with van der Waals surface area (Å²) in [6, 6.07) is 4.93. The van der Waals surface area contributed by atoms with Crippen LogP contribution in [0, 0.1) is 0 Å². The van der Waals surface area contributed by atoms with E-state index in [1.807, 2.05) is 19.3 Å². The highest BCUT2D eigenvalue weighted by molar-refractivity contribution is 6.41. The van der Waals surface area contributed by atoms with Crippen LogP contribution in [0.1, 0.15) is 0 Å². The van der Waals surface area contributed by atoms with Crippen molar-refractivity contribution in [2.45, 2.75) is 12.1 Å². The fraction of sp³-hybridized carbons (Fsp3) is 0.333. The minimum atomic E-state index is -0.338. The second kappa shape index (κ2) is 9.73. The van der Waals surface area contributed by atoms with E-state index in [4.69, 9.17) is 38.4 Å². The molecule has 4 aromatic rings. The molecular formula is C24H26Cl2N8O3. The number of methoxy groups -OCH3 is 2. The third kappa shape index (κ3) is 4.43. The van der Waals surface area contributed by atoms with Gasteiger partial charge in [-0.05, 0) is 6.07 Å². The Morgan fingerprint density at radius 2 is 1.81 bits per heavy atom. The van der Waals surface area contributed by atoms with Crippen LogP contribution in [-0.4, -0.2) is 63.7 Å². The number of aromatic nitrogens is 5. The summed E-state index contributed by atoms with van der Waals surface area (Å²) in [4.78, 5) is 24.6. The molecule has 1 aromatic carbocycles. The number of hydrogen-bond acceptors (Lipinski definition) is 9. The van der Waals surface area contributed by atoms with E-state index in [0.29, 0.717) is 47.1 Å². The van der Waals surface area contributed by atoms with Crippen molar-refractivity contribution in [1.82, 2.24) is 24.3 Å². The number of ether oxygens (including phenoxy) is 2. The van der Waals surface area contributed by atoms with Crippen LogP contribution in [0.2, 0.25) is 10.0 Å². The molecule has 1 saturated heterocycles. The van der Waals surface area contributed by atoms with Gasteiger partial charge in [-0.15, -0.1) is 0 Å². The van der Waals surface area contributed by atoms with Crippen LogP contribution in [0.5, 0.6) is 11.5 Å². The van der Waals surface area contributed by atoms with E-state index in [2.05, 4.69) is 25.3 Å². The average Bonchev–Trinajstić information content (AvgIpc) is 3.48. The summed E-state index contributed by atoms with van der Waals surface area (Å²) in [5.74, 6) is 1.91. The molecule has 3 aromatic heterocycles. The van der Waals surface area contributed by atoms with Gasteiger partial charge in [0, 0.05) is 68.7 Å². The Morgan fingerprint density at radius 1 is 1.11 bits per heavy atom. The molecule has 0 radical (unpaired) electrons. The third-order valence-electron chi connectivity index (χ3n) is 6.49. The molecule has 13 heteroatoms. The Labute approximate surface area is 222 Å². The normalized spacial score (nSPS) is 17.4. The first kappa shape index (κ1) is 25.1. The van der Waals surface area contributed by atoms with E-state index in [0.717, 1.165) is 5.82 Å². The Bertz CT molecular complexity index is 1530. The highest BCUT2D eigenvalue weighted by atomic mass is 35.5. The molecule has 4 heterocycles. The Balaban J connectivity index is 1.50. The molecule has 0 aliphatic carbocycles. The number of nitrogens with zero attached hydrogens (tertiary/aromatic N) is 6. The van der Waals surface area contributed by atoms with Crippen LogP contribution in [0.3, 0.4) is 0 Å². The molecule has 1 aliphatic heterocycles. The predicted molar refractivity (Wildman–Crippen MR) is 144 cm³/mol. The van der Waals surface area contributed by atoms with Gasteiger partial charge in [-0.3, -0.25) is 14.0 Å². The van der Waals surface area contributed by atoms with Crippen LogP contribution in [0.15, 0.2) is 35.4 Å². The van der Waals surface area contributed by atoms with E-state index in [-0.39, 0.29) is 33.3 Å². The van der Waals surface area contributed by atoms with Crippen LogP contribution in [-0.2, 0) is 14.1 Å². The molecule has 37 heavy (non-hydrogen) atoms. The van der Waals surface area contributed by atoms with Crippen molar-refractivity contribution in [3.05, 3.63) is 51.0 Å². The zero-order valence-electron chi connectivity index (χ0n) is 20.7. The first-order valence-corrected chi connectivity index (χ1v) is 12.2. The molecule has 0 bridgehead atoms. The second-order valence-corrected chi connectivity index (χ2v) is 9.60. The molecule has 2 atom stereocenters. The number of nitrogens with one attached hydrogen (secondary N) is 1. The summed E-state index contributed by atoms with van der Waals surface area (Å²) in [7, 11) is 6.46. The summed E-state index contributed by atoms with van der Waals surface area (Å²) in [6.45, 7) is 1.29. The zero-order valence-corrected chi connectivity index (χ0v) is 22.2. The van der Waals surface area contributed by atoms with Crippen LogP contribution in [0.25, 0.3) is 22.2 Å². The van der Waals surface area contributed by atoms with Crippen molar-refractivity contribution in [3.8, 4) is 22.6 Å². The van der Waals surface area contributed by atoms with Gasteiger partial charge < -0.3 is 25.4 Å². The number of nitrogens with two attached hydrogens (primary N) is 1. The zero-order chi connectivity index (χ0) is 26.4. The van der Waals surface area contributed by atoms with Gasteiger partial charge in [-0.25, -0.2) is 4.98 Å². The first-order valence-electron chi connectivity index (χ1n) is 11.5. The molecule has 1 aliphatic rings. The van der Waals surface area contributed by atoms with Crippen LogP contribution < -0.4 is 31.0 Å². The molecule has 11 nitrogen and oxygen atoms in total. The minimum absolute atomic E-state index is 0.0994. The molecule has 0 amide bonds. The maximum atomic E-state index is 13.4. The lowest BCUT2D eigenvalue weighted by atomic mass is 10.0. The number of halogens is 2. The van der Waals surface area contributed by atoms with Crippen LogP contribution >= 0.6 is 23.2 Å². The van der Waals surface area contributed by atoms with Gasteiger partial charge in [0.15, 0.2) is 5.82 Å². The van der Waals surface area contributed by atoms with Crippen molar-refractivity contribution >= 4 is 46.0 Å². The van der Waals surface area contributed by atoms with Crippen molar-refractivity contribution in [2.24, 2.45) is 19.8 Å². The summed E-state index contributed by atoms with van der Waals surface area (Å²) in [5.41, 5.74) is 7.09. The Hall–Kier alpha value is -3.54. The molecule has 0 spiro atoms. The number of fused-ring (bicyclic) bond motifs is 1. The van der Waals surface area contributed by atoms with Crippen molar-refractivity contribution in [3.63, 3.8) is 0 Å². The van der Waals surface area contributed by atoms with E-state index < -0.39 is 0 Å². The molecule has 0 saturated carbocycles. The number of benzene rings is 1. The fourth-order valence-corrected chi connectivity index (χ4v) is 5.23. The number of aryl methyl sites for hydroxylation is 2. The lowest BCUT2D eigenvalue weighted by Gasteiger charge is -2.18. The Kier molecular flexibility index (Phi) is 6.61. The molecule has 194 valence electrons. The van der Waals surface area contributed by atoms with Crippen molar-refractivity contribution in [2.75, 3.05) is 37.5 Å². The average molecular weight is 545 g/mol. The maximum Gasteiger partial charge on any atom is 0.259 e. The standard InChI is InChI=1S/C24H26Cl2N8O3/c1-32-6-5-18(31-32)34-10-14(27)15(11-34)29-24-28-9-12-7-13(23(35)33(2)22(12)30-24)19-20(25)16(36-3)8-17(37-4)21(19)26/h5-9,14-15H,10-11,27H2,1-4H3,(H,28,29,30). The van der Waals surface area contributed by atoms with Gasteiger partial charge in [-0.1, -0.05) is 23.2 Å². The number of hydrogen-bond donors (Lipinski definition) is 2.